The first-order chi connectivity index (χ1) is 9.29. The van der Waals surface area contributed by atoms with Crippen LogP contribution in [0.15, 0.2) is 60.7 Å². The van der Waals surface area contributed by atoms with E-state index >= 15 is 0 Å². The molecule has 0 aliphatic carbocycles. The Morgan fingerprint density at radius 3 is 2.37 bits per heavy atom. The van der Waals surface area contributed by atoms with Crippen molar-refractivity contribution < 1.29 is 9.53 Å². The average molecular weight is 273 g/mol. The van der Waals surface area contributed by atoms with Crippen molar-refractivity contribution in [2.75, 3.05) is 6.61 Å². The van der Waals surface area contributed by atoms with E-state index in [1.807, 2.05) is 30.3 Å². The Morgan fingerprint density at radius 1 is 1.05 bits per heavy atom. The van der Waals surface area contributed by atoms with E-state index in [1.54, 1.807) is 24.3 Å². The molecule has 19 heavy (non-hydrogen) atoms. The molecule has 0 heterocycles. The third kappa shape index (κ3) is 3.97. The summed E-state index contributed by atoms with van der Waals surface area (Å²) in [4.78, 5) is 10.7. The first-order valence-electron chi connectivity index (χ1n) is 5.88. The normalized spacial score (nSPS) is 11.1. The number of benzene rings is 2. The molecular weight excluding hydrogens is 260 g/mol. The number of allylic oxidation sites excluding steroid dienone is 1. The van der Waals surface area contributed by atoms with Crippen LogP contribution in [-0.4, -0.2) is 12.9 Å². The molecule has 2 aromatic carbocycles. The summed E-state index contributed by atoms with van der Waals surface area (Å²) in [6.45, 7) is 0.338. The van der Waals surface area contributed by atoms with Gasteiger partial charge in [-0.15, -0.1) is 0 Å². The molecule has 0 saturated heterocycles. The summed E-state index contributed by atoms with van der Waals surface area (Å²) < 4.78 is 5.64. The number of hydrogen-bond acceptors (Lipinski definition) is 2. The van der Waals surface area contributed by atoms with Crippen LogP contribution in [0.5, 0.6) is 5.75 Å². The minimum atomic E-state index is 0.338. The molecule has 2 nitrogen and oxygen atoms in total. The summed E-state index contributed by atoms with van der Waals surface area (Å²) in [5.41, 5.74) is 1.81. The second-order valence-electron chi connectivity index (χ2n) is 3.94. The summed E-state index contributed by atoms with van der Waals surface area (Å²) in [7, 11) is 0. The van der Waals surface area contributed by atoms with Gasteiger partial charge in [-0.1, -0.05) is 41.9 Å². The number of aldehydes is 1. The van der Waals surface area contributed by atoms with Gasteiger partial charge in [0.25, 0.3) is 0 Å². The van der Waals surface area contributed by atoms with Gasteiger partial charge in [-0.25, -0.2) is 0 Å². The quantitative estimate of drug-likeness (QED) is 0.607. The lowest BCUT2D eigenvalue weighted by molar-refractivity contribution is -0.104. The minimum absolute atomic E-state index is 0.338. The summed E-state index contributed by atoms with van der Waals surface area (Å²) in [5.74, 6) is 0.720. The predicted octanol–water partition coefficient (Wildman–Crippen LogP) is 4.00. The number of carbonyl (C=O) groups excluding carboxylic acids is 1. The van der Waals surface area contributed by atoms with Crippen molar-refractivity contribution in [3.8, 4) is 5.75 Å². The van der Waals surface area contributed by atoms with Crippen molar-refractivity contribution in [2.24, 2.45) is 0 Å². The first-order valence-corrected chi connectivity index (χ1v) is 6.25. The maximum Gasteiger partial charge on any atom is 0.143 e. The molecule has 0 aliphatic rings. The lowest BCUT2D eigenvalue weighted by Gasteiger charge is -2.09. The molecule has 0 unspecified atom stereocenters. The van der Waals surface area contributed by atoms with E-state index in [0.717, 1.165) is 23.2 Å². The van der Waals surface area contributed by atoms with E-state index in [2.05, 4.69) is 0 Å². The lowest BCUT2D eigenvalue weighted by atomic mass is 10.1. The molecule has 0 bridgehead atoms. The maximum absolute atomic E-state index is 10.7. The second-order valence-corrected chi connectivity index (χ2v) is 4.37. The molecule has 2 aromatic rings. The van der Waals surface area contributed by atoms with Crippen LogP contribution >= 0.6 is 11.6 Å². The maximum atomic E-state index is 10.7. The second kappa shape index (κ2) is 6.76. The number of carbonyl (C=O) groups is 1. The molecule has 2 rings (SSSR count). The smallest absolute Gasteiger partial charge is 0.143 e. The van der Waals surface area contributed by atoms with Crippen LogP contribution in [0.25, 0.3) is 5.57 Å². The minimum Gasteiger partial charge on any atom is -0.489 e. The average Bonchev–Trinajstić information content (AvgIpc) is 2.46. The number of rotatable bonds is 5. The summed E-state index contributed by atoms with van der Waals surface area (Å²) in [5, 5.41) is 0.666. The molecule has 0 amide bonds. The third-order valence-electron chi connectivity index (χ3n) is 2.62. The van der Waals surface area contributed by atoms with Crippen LogP contribution in [0.3, 0.4) is 0 Å². The zero-order valence-corrected chi connectivity index (χ0v) is 11.0. The Bertz CT molecular complexity index is 559. The van der Waals surface area contributed by atoms with Gasteiger partial charge in [-0.05, 0) is 41.5 Å². The van der Waals surface area contributed by atoms with Gasteiger partial charge in [0.1, 0.15) is 18.6 Å². The van der Waals surface area contributed by atoms with E-state index < -0.39 is 0 Å². The van der Waals surface area contributed by atoms with E-state index in [9.17, 15) is 4.79 Å². The molecule has 0 aromatic heterocycles. The Morgan fingerprint density at radius 2 is 1.74 bits per heavy atom. The number of hydrogen-bond donors (Lipinski definition) is 0. The van der Waals surface area contributed by atoms with E-state index in [0.29, 0.717) is 11.6 Å². The SMILES string of the molecule is O=C/C=C(\COc1ccc(Cl)cc1)c1ccccc1. The highest BCUT2D eigenvalue weighted by atomic mass is 35.5. The zero-order valence-electron chi connectivity index (χ0n) is 10.3. The lowest BCUT2D eigenvalue weighted by Crippen LogP contribution is -2.01. The van der Waals surface area contributed by atoms with Crippen molar-refractivity contribution in [1.82, 2.24) is 0 Å². The largest absolute Gasteiger partial charge is 0.489 e. The fraction of sp³-hybridized carbons (Fsp3) is 0.0625. The molecule has 0 saturated carbocycles. The molecule has 0 fully saturated rings. The standard InChI is InChI=1S/C16H13ClO2/c17-15-6-8-16(9-7-15)19-12-14(10-11-18)13-4-2-1-3-5-13/h1-11H,12H2/b14-10+. The van der Waals surface area contributed by atoms with Crippen LogP contribution in [0, 0.1) is 0 Å². The topological polar surface area (TPSA) is 26.3 Å². The molecule has 96 valence electrons. The molecule has 3 heteroatoms. The molecule has 0 atom stereocenters. The first kappa shape index (κ1) is 13.4. The zero-order chi connectivity index (χ0) is 13.5. The molecular formula is C16H13ClO2. The highest BCUT2D eigenvalue weighted by molar-refractivity contribution is 6.30. The summed E-state index contributed by atoms with van der Waals surface area (Å²) in [6, 6.07) is 16.8. The monoisotopic (exact) mass is 272 g/mol. The van der Waals surface area contributed by atoms with Gasteiger partial charge in [0.2, 0.25) is 0 Å². The van der Waals surface area contributed by atoms with Gasteiger partial charge in [-0.3, -0.25) is 4.79 Å². The van der Waals surface area contributed by atoms with E-state index in [1.165, 1.54) is 6.08 Å². The number of halogens is 1. The third-order valence-corrected chi connectivity index (χ3v) is 2.87. The van der Waals surface area contributed by atoms with E-state index in [-0.39, 0.29) is 0 Å². The predicted molar refractivity (Wildman–Crippen MR) is 77.4 cm³/mol. The Hall–Kier alpha value is -2.06. The van der Waals surface area contributed by atoms with Crippen LogP contribution in [0.4, 0.5) is 0 Å². The molecule has 0 radical (unpaired) electrons. The fourth-order valence-electron chi connectivity index (χ4n) is 1.65. The van der Waals surface area contributed by atoms with Crippen molar-refractivity contribution in [3.63, 3.8) is 0 Å². The van der Waals surface area contributed by atoms with Gasteiger partial charge in [0.15, 0.2) is 0 Å². The van der Waals surface area contributed by atoms with Crippen molar-refractivity contribution in [1.29, 1.82) is 0 Å². The Balaban J connectivity index is 2.08. The number of ether oxygens (including phenoxy) is 1. The highest BCUT2D eigenvalue weighted by Crippen LogP contribution is 2.19. The van der Waals surface area contributed by atoms with Crippen LogP contribution in [0.1, 0.15) is 5.56 Å². The van der Waals surface area contributed by atoms with Gasteiger partial charge in [0.05, 0.1) is 0 Å². The molecule has 0 aliphatic heterocycles. The van der Waals surface area contributed by atoms with Gasteiger partial charge in [-0.2, -0.15) is 0 Å². The molecule has 0 N–H and O–H groups in total. The van der Waals surface area contributed by atoms with E-state index in [4.69, 9.17) is 16.3 Å². The van der Waals surface area contributed by atoms with Crippen molar-refractivity contribution in [3.05, 3.63) is 71.3 Å². The highest BCUT2D eigenvalue weighted by Gasteiger charge is 2.02. The molecule has 0 spiro atoms. The Labute approximate surface area is 117 Å². The van der Waals surface area contributed by atoms with Crippen LogP contribution in [0.2, 0.25) is 5.02 Å². The Kier molecular flexibility index (Phi) is 4.76. The van der Waals surface area contributed by atoms with Crippen LogP contribution in [-0.2, 0) is 4.79 Å². The van der Waals surface area contributed by atoms with Gasteiger partial charge < -0.3 is 4.74 Å². The van der Waals surface area contributed by atoms with Crippen molar-refractivity contribution in [2.45, 2.75) is 0 Å². The summed E-state index contributed by atoms with van der Waals surface area (Å²) in [6.07, 6.45) is 2.29. The van der Waals surface area contributed by atoms with Crippen molar-refractivity contribution >= 4 is 23.5 Å². The van der Waals surface area contributed by atoms with Gasteiger partial charge in [0, 0.05) is 5.02 Å². The van der Waals surface area contributed by atoms with Crippen LogP contribution < -0.4 is 4.74 Å². The summed E-state index contributed by atoms with van der Waals surface area (Å²) >= 11 is 5.81. The van der Waals surface area contributed by atoms with Gasteiger partial charge >= 0.3 is 0 Å². The fourth-order valence-corrected chi connectivity index (χ4v) is 1.78.